The fraction of sp³-hybridized carbons (Fsp3) is 0.500. The quantitative estimate of drug-likeness (QED) is 0.677. The Morgan fingerprint density at radius 1 is 1.28 bits per heavy atom. The SMILES string of the molecule is CC(C)c1ncc(F)c(C(C)C)c1CC(=O)/N=S(\N)c1sc(C(C)(C)O)cc1F. The summed E-state index contributed by atoms with van der Waals surface area (Å²) >= 11 is 0.985. The molecule has 0 fully saturated rings. The highest BCUT2D eigenvalue weighted by atomic mass is 32.2. The summed E-state index contributed by atoms with van der Waals surface area (Å²) in [5, 5.41) is 16.0. The summed E-state index contributed by atoms with van der Waals surface area (Å²) in [5.74, 6) is -1.77. The highest BCUT2D eigenvalue weighted by Crippen LogP contribution is 2.32. The Labute approximate surface area is 176 Å². The van der Waals surface area contributed by atoms with Crippen LogP contribution >= 0.6 is 11.3 Å². The Morgan fingerprint density at radius 3 is 2.38 bits per heavy atom. The van der Waals surface area contributed by atoms with Crippen molar-refractivity contribution in [3.05, 3.63) is 45.6 Å². The average Bonchev–Trinajstić information content (AvgIpc) is 2.96. The van der Waals surface area contributed by atoms with Crippen molar-refractivity contribution < 1.29 is 18.7 Å². The van der Waals surface area contributed by atoms with Crippen molar-refractivity contribution in [3.8, 4) is 0 Å². The molecule has 1 amide bonds. The maximum atomic E-state index is 14.4. The fourth-order valence-electron chi connectivity index (χ4n) is 2.99. The monoisotopic (exact) mass is 443 g/mol. The Bertz CT molecular complexity index is 948. The highest BCUT2D eigenvalue weighted by Gasteiger charge is 2.24. The van der Waals surface area contributed by atoms with Gasteiger partial charge in [0.1, 0.15) is 15.8 Å². The first-order valence-corrected chi connectivity index (χ1v) is 11.3. The molecular weight excluding hydrogens is 416 g/mol. The Balaban J connectivity index is 2.41. The minimum atomic E-state index is -1.51. The molecule has 2 aromatic heterocycles. The Hall–Kier alpha value is -1.55. The van der Waals surface area contributed by atoms with Gasteiger partial charge in [0, 0.05) is 21.4 Å². The first kappa shape index (κ1) is 23.7. The molecule has 5 nitrogen and oxygen atoms in total. The van der Waals surface area contributed by atoms with E-state index >= 15 is 0 Å². The van der Waals surface area contributed by atoms with Gasteiger partial charge in [0.15, 0.2) is 0 Å². The lowest BCUT2D eigenvalue weighted by atomic mass is 9.90. The minimum absolute atomic E-state index is 0.00360. The molecule has 1 atom stereocenters. The standard InChI is InChI=1S/C20H27F2N3O2S2/c1-10(2)17-12(18(11(3)4)24-9-14(17)22)7-16(26)25-29(23)19-13(21)8-15(28-19)20(5,6)27/h8-11,27H,7H2,1-6H3,(H2,23,25,26). The van der Waals surface area contributed by atoms with Crippen molar-refractivity contribution in [2.24, 2.45) is 9.50 Å². The highest BCUT2D eigenvalue weighted by molar-refractivity contribution is 7.87. The lowest BCUT2D eigenvalue weighted by Crippen LogP contribution is -2.14. The molecule has 0 spiro atoms. The third kappa shape index (κ3) is 5.53. The van der Waals surface area contributed by atoms with Crippen LogP contribution in [0.1, 0.15) is 75.1 Å². The molecule has 0 saturated carbocycles. The van der Waals surface area contributed by atoms with Crippen LogP contribution in [-0.4, -0.2) is 16.0 Å². The predicted octanol–water partition coefficient (Wildman–Crippen LogP) is 4.70. The molecule has 1 unspecified atom stereocenters. The Kier molecular flexibility index (Phi) is 7.42. The smallest absolute Gasteiger partial charge is 0.257 e. The van der Waals surface area contributed by atoms with Gasteiger partial charge in [-0.25, -0.2) is 8.78 Å². The second-order valence-corrected chi connectivity index (χ2v) is 10.5. The zero-order valence-corrected chi connectivity index (χ0v) is 19.0. The van der Waals surface area contributed by atoms with Gasteiger partial charge in [0.25, 0.3) is 5.91 Å². The molecule has 2 rings (SSSR count). The lowest BCUT2D eigenvalue weighted by Gasteiger charge is -2.18. The van der Waals surface area contributed by atoms with Crippen LogP contribution in [0.15, 0.2) is 20.8 Å². The predicted molar refractivity (Wildman–Crippen MR) is 113 cm³/mol. The number of aliphatic hydroxyl groups is 1. The molecule has 160 valence electrons. The van der Waals surface area contributed by atoms with E-state index in [0.29, 0.717) is 21.7 Å². The maximum absolute atomic E-state index is 14.4. The first-order chi connectivity index (χ1) is 13.3. The van der Waals surface area contributed by atoms with Crippen LogP contribution in [-0.2, 0) is 27.7 Å². The number of rotatable bonds is 6. The molecule has 2 heterocycles. The summed E-state index contributed by atoms with van der Waals surface area (Å²) in [6.45, 7) is 10.6. The van der Waals surface area contributed by atoms with Crippen molar-refractivity contribution >= 4 is 28.1 Å². The number of aromatic nitrogens is 1. The van der Waals surface area contributed by atoms with Gasteiger partial charge in [-0.2, -0.15) is 4.36 Å². The molecule has 0 bridgehead atoms. The van der Waals surface area contributed by atoms with Gasteiger partial charge in [-0.1, -0.05) is 27.7 Å². The summed E-state index contributed by atoms with van der Waals surface area (Å²) in [7, 11) is -1.51. The molecule has 0 saturated heterocycles. The number of hydrogen-bond donors (Lipinski definition) is 2. The maximum Gasteiger partial charge on any atom is 0.257 e. The molecule has 0 aromatic carbocycles. The summed E-state index contributed by atoms with van der Waals surface area (Å²) < 4.78 is 32.7. The number of nitrogens with two attached hydrogens (primary N) is 1. The van der Waals surface area contributed by atoms with Gasteiger partial charge in [-0.15, -0.1) is 11.3 Å². The number of nitrogens with zero attached hydrogens (tertiary/aromatic N) is 2. The lowest BCUT2D eigenvalue weighted by molar-refractivity contribution is -0.117. The van der Waals surface area contributed by atoms with Gasteiger partial charge in [0.05, 0.1) is 18.2 Å². The van der Waals surface area contributed by atoms with Crippen LogP contribution in [0.25, 0.3) is 0 Å². The topological polar surface area (TPSA) is 88.6 Å². The number of thiophene rings is 1. The first-order valence-electron chi connectivity index (χ1n) is 9.25. The molecule has 9 heteroatoms. The van der Waals surface area contributed by atoms with Crippen LogP contribution < -0.4 is 5.14 Å². The zero-order chi connectivity index (χ0) is 22.1. The van der Waals surface area contributed by atoms with E-state index in [9.17, 15) is 18.7 Å². The average molecular weight is 444 g/mol. The molecule has 29 heavy (non-hydrogen) atoms. The van der Waals surface area contributed by atoms with E-state index in [4.69, 9.17) is 5.14 Å². The molecule has 0 radical (unpaired) electrons. The van der Waals surface area contributed by atoms with Crippen LogP contribution in [0, 0.1) is 11.6 Å². The molecule has 2 aromatic rings. The zero-order valence-electron chi connectivity index (χ0n) is 17.4. The normalized spacial score (nSPS) is 13.5. The van der Waals surface area contributed by atoms with Gasteiger partial charge in [-0.05, 0) is 42.9 Å². The second kappa shape index (κ2) is 9.07. The molecule has 0 aliphatic rings. The van der Waals surface area contributed by atoms with Crippen molar-refractivity contribution in [1.82, 2.24) is 4.98 Å². The van der Waals surface area contributed by atoms with E-state index in [1.54, 1.807) is 0 Å². The van der Waals surface area contributed by atoms with Crippen molar-refractivity contribution in [2.75, 3.05) is 0 Å². The minimum Gasteiger partial charge on any atom is -0.385 e. The van der Waals surface area contributed by atoms with Crippen LogP contribution in [0.3, 0.4) is 0 Å². The summed E-state index contributed by atoms with van der Waals surface area (Å²) in [4.78, 5) is 17.2. The third-order valence-corrected chi connectivity index (χ3v) is 7.26. The molecule has 0 aliphatic heterocycles. The Morgan fingerprint density at radius 2 is 1.90 bits per heavy atom. The van der Waals surface area contributed by atoms with Gasteiger partial charge >= 0.3 is 0 Å². The number of hydrogen-bond acceptors (Lipinski definition) is 4. The van der Waals surface area contributed by atoms with Crippen molar-refractivity contribution in [1.29, 1.82) is 0 Å². The number of amides is 1. The summed E-state index contributed by atoms with van der Waals surface area (Å²) in [6, 6.07) is 1.21. The van der Waals surface area contributed by atoms with E-state index < -0.39 is 34.0 Å². The van der Waals surface area contributed by atoms with Crippen molar-refractivity contribution in [3.63, 3.8) is 0 Å². The largest absolute Gasteiger partial charge is 0.385 e. The number of carbonyl (C=O) groups is 1. The van der Waals surface area contributed by atoms with E-state index in [0.717, 1.165) is 11.3 Å². The summed E-state index contributed by atoms with van der Waals surface area (Å²) in [5.41, 5.74) is 0.381. The second-order valence-electron chi connectivity index (χ2n) is 7.97. The number of carbonyl (C=O) groups excluding carboxylic acids is 1. The third-order valence-electron chi connectivity index (χ3n) is 4.31. The number of halogens is 2. The van der Waals surface area contributed by atoms with Crippen LogP contribution in [0.5, 0.6) is 0 Å². The van der Waals surface area contributed by atoms with Gasteiger partial charge < -0.3 is 5.11 Å². The number of pyridine rings is 1. The molecule has 0 aliphatic carbocycles. The van der Waals surface area contributed by atoms with E-state index in [1.807, 2.05) is 27.7 Å². The van der Waals surface area contributed by atoms with Crippen LogP contribution in [0.4, 0.5) is 8.78 Å². The fourth-order valence-corrected chi connectivity index (χ4v) is 5.11. The molecular formula is C20H27F2N3O2S2. The van der Waals surface area contributed by atoms with E-state index in [1.165, 1.54) is 26.1 Å². The van der Waals surface area contributed by atoms with Crippen LogP contribution in [0.2, 0.25) is 0 Å². The van der Waals surface area contributed by atoms with Gasteiger partial charge in [0.2, 0.25) is 0 Å². The van der Waals surface area contributed by atoms with Gasteiger partial charge in [-0.3, -0.25) is 14.9 Å². The summed E-state index contributed by atoms with van der Waals surface area (Å²) in [6.07, 6.45) is 1.03. The molecule has 3 N–H and O–H groups in total. The van der Waals surface area contributed by atoms with E-state index in [-0.39, 0.29) is 22.5 Å². The van der Waals surface area contributed by atoms with Crippen molar-refractivity contribution in [2.45, 2.75) is 69.6 Å². The van der Waals surface area contributed by atoms with E-state index in [2.05, 4.69) is 9.35 Å².